The maximum absolute atomic E-state index is 11.4. The number of nitrogens with zero attached hydrogens (tertiary/aromatic N) is 1. The molecule has 124 valence electrons. The van der Waals surface area contributed by atoms with Crippen molar-refractivity contribution in [2.24, 2.45) is 0 Å². The molecule has 0 radical (unpaired) electrons. The van der Waals surface area contributed by atoms with E-state index in [0.717, 1.165) is 0 Å². The second kappa shape index (κ2) is 7.35. The normalized spacial score (nSPS) is 10.3. The summed E-state index contributed by atoms with van der Waals surface area (Å²) in [6, 6.07) is 2.71. The fourth-order valence-electron chi connectivity index (χ4n) is 1.55. The van der Waals surface area contributed by atoms with Gasteiger partial charge in [-0.15, -0.1) is 0 Å². The number of carbonyl (C=O) groups is 1. The number of carbonyl (C=O) groups excluding carboxylic acids is 1. The molecule has 1 rings (SSSR count). The SMILES string of the molecule is COc1cc(C#CCNC(=O)OC(C)(C)C)c(N)c([N+](=O)[O-])c1. The predicted molar refractivity (Wildman–Crippen MR) is 85.2 cm³/mol. The largest absolute Gasteiger partial charge is 0.496 e. The molecule has 3 N–H and O–H groups in total. The first-order valence-corrected chi connectivity index (χ1v) is 6.71. The van der Waals surface area contributed by atoms with Gasteiger partial charge in [0.15, 0.2) is 0 Å². The molecule has 8 nitrogen and oxygen atoms in total. The molecule has 0 fully saturated rings. The molecule has 0 aliphatic rings. The van der Waals surface area contributed by atoms with Crippen LogP contribution < -0.4 is 15.8 Å². The number of alkyl carbamates (subject to hydrolysis) is 1. The highest BCUT2D eigenvalue weighted by molar-refractivity contribution is 5.71. The Morgan fingerprint density at radius 1 is 1.43 bits per heavy atom. The highest BCUT2D eigenvalue weighted by Gasteiger charge is 2.17. The summed E-state index contributed by atoms with van der Waals surface area (Å²) in [6.45, 7) is 5.25. The van der Waals surface area contributed by atoms with Gasteiger partial charge in [0.25, 0.3) is 5.69 Å². The van der Waals surface area contributed by atoms with Crippen molar-refractivity contribution >= 4 is 17.5 Å². The molecule has 0 saturated heterocycles. The number of rotatable bonds is 3. The van der Waals surface area contributed by atoms with Crippen LogP contribution >= 0.6 is 0 Å². The Morgan fingerprint density at radius 2 is 2.09 bits per heavy atom. The molecule has 0 aromatic heterocycles. The van der Waals surface area contributed by atoms with Gasteiger partial charge in [-0.2, -0.15) is 0 Å². The summed E-state index contributed by atoms with van der Waals surface area (Å²) in [6.07, 6.45) is -0.601. The molecule has 1 amide bonds. The minimum atomic E-state index is -0.609. The van der Waals surface area contributed by atoms with Crippen LogP contribution in [0.2, 0.25) is 0 Å². The Labute approximate surface area is 134 Å². The van der Waals surface area contributed by atoms with Gasteiger partial charge in [0.1, 0.15) is 17.0 Å². The first-order valence-electron chi connectivity index (χ1n) is 6.71. The zero-order valence-electron chi connectivity index (χ0n) is 13.4. The van der Waals surface area contributed by atoms with Crippen LogP contribution in [0.4, 0.5) is 16.2 Å². The molecule has 0 aliphatic heterocycles. The number of nitrogen functional groups attached to an aromatic ring is 1. The quantitative estimate of drug-likeness (QED) is 0.381. The number of nitro groups is 1. The zero-order valence-corrected chi connectivity index (χ0v) is 13.4. The van der Waals surface area contributed by atoms with Gasteiger partial charge in [0, 0.05) is 0 Å². The van der Waals surface area contributed by atoms with Crippen LogP contribution in [0.25, 0.3) is 0 Å². The zero-order chi connectivity index (χ0) is 17.6. The van der Waals surface area contributed by atoms with E-state index >= 15 is 0 Å². The lowest BCUT2D eigenvalue weighted by atomic mass is 10.1. The monoisotopic (exact) mass is 321 g/mol. The van der Waals surface area contributed by atoms with E-state index in [9.17, 15) is 14.9 Å². The maximum Gasteiger partial charge on any atom is 0.408 e. The van der Waals surface area contributed by atoms with Gasteiger partial charge in [-0.3, -0.25) is 10.1 Å². The highest BCUT2D eigenvalue weighted by Crippen LogP contribution is 2.30. The predicted octanol–water partition coefficient (Wildman–Crippen LogP) is 2.06. The summed E-state index contributed by atoms with van der Waals surface area (Å²) < 4.78 is 10.0. The Kier molecular flexibility index (Phi) is 5.79. The van der Waals surface area contributed by atoms with Crippen molar-refractivity contribution < 1.29 is 19.2 Å². The second-order valence-corrected chi connectivity index (χ2v) is 5.52. The Bertz CT molecular complexity index is 668. The maximum atomic E-state index is 11.4. The standard InChI is InChI=1S/C15H19N3O5/c1-15(2,3)23-14(19)17-7-5-6-10-8-11(22-4)9-12(13(10)16)18(20)21/h8-9H,7,16H2,1-4H3,(H,17,19). The first kappa shape index (κ1) is 18.1. The highest BCUT2D eigenvalue weighted by atomic mass is 16.6. The molecule has 0 unspecified atom stereocenters. The number of amides is 1. The molecule has 23 heavy (non-hydrogen) atoms. The van der Waals surface area contributed by atoms with Crippen molar-refractivity contribution in [1.29, 1.82) is 0 Å². The van der Waals surface area contributed by atoms with Gasteiger partial charge < -0.3 is 20.5 Å². The van der Waals surface area contributed by atoms with E-state index in [0.29, 0.717) is 0 Å². The minimum Gasteiger partial charge on any atom is -0.496 e. The fraction of sp³-hybridized carbons (Fsp3) is 0.400. The topological polar surface area (TPSA) is 117 Å². The number of nitro benzene ring substituents is 1. The molecule has 0 spiro atoms. The lowest BCUT2D eigenvalue weighted by Gasteiger charge is -2.19. The van der Waals surface area contributed by atoms with E-state index in [1.165, 1.54) is 19.2 Å². The van der Waals surface area contributed by atoms with Crippen molar-refractivity contribution in [2.75, 3.05) is 19.4 Å². The van der Waals surface area contributed by atoms with Gasteiger partial charge >= 0.3 is 6.09 Å². The van der Waals surface area contributed by atoms with Gasteiger partial charge in [0.05, 0.1) is 30.2 Å². The molecule has 0 bridgehead atoms. The summed E-state index contributed by atoms with van der Waals surface area (Å²) in [4.78, 5) is 21.8. The van der Waals surface area contributed by atoms with Crippen LogP contribution in [0, 0.1) is 22.0 Å². The minimum absolute atomic E-state index is 0.0133. The van der Waals surface area contributed by atoms with E-state index in [1.807, 2.05) is 0 Å². The first-order chi connectivity index (χ1) is 10.6. The Morgan fingerprint density at radius 3 is 2.61 bits per heavy atom. The summed E-state index contributed by atoms with van der Waals surface area (Å²) in [7, 11) is 1.39. The van der Waals surface area contributed by atoms with E-state index < -0.39 is 16.6 Å². The number of hydrogen-bond acceptors (Lipinski definition) is 6. The van der Waals surface area contributed by atoms with Crippen molar-refractivity contribution in [3.05, 3.63) is 27.8 Å². The number of nitrogens with one attached hydrogen (secondary N) is 1. The van der Waals surface area contributed by atoms with E-state index in [-0.39, 0.29) is 29.2 Å². The lowest BCUT2D eigenvalue weighted by molar-refractivity contribution is -0.384. The van der Waals surface area contributed by atoms with Crippen LogP contribution in [0.15, 0.2) is 12.1 Å². The molecule has 8 heteroatoms. The van der Waals surface area contributed by atoms with E-state index in [2.05, 4.69) is 17.2 Å². The summed E-state index contributed by atoms with van der Waals surface area (Å²) in [5.41, 5.74) is 5.03. The molecule has 0 atom stereocenters. The number of benzene rings is 1. The molecular weight excluding hydrogens is 302 g/mol. The van der Waals surface area contributed by atoms with E-state index in [4.69, 9.17) is 15.2 Å². The van der Waals surface area contributed by atoms with Crippen LogP contribution in [-0.4, -0.2) is 30.3 Å². The Hall–Kier alpha value is -2.95. The Balaban J connectivity index is 2.84. The van der Waals surface area contributed by atoms with Gasteiger partial charge in [-0.05, 0) is 26.8 Å². The number of ether oxygens (including phenoxy) is 2. The number of hydrogen-bond donors (Lipinski definition) is 2. The van der Waals surface area contributed by atoms with E-state index in [1.54, 1.807) is 20.8 Å². The van der Waals surface area contributed by atoms with Crippen molar-refractivity contribution in [3.8, 4) is 17.6 Å². The molecule has 1 aromatic rings. The number of anilines is 1. The van der Waals surface area contributed by atoms with Crippen molar-refractivity contribution in [2.45, 2.75) is 26.4 Å². The number of nitrogens with two attached hydrogens (primary N) is 1. The van der Waals surface area contributed by atoms with Crippen LogP contribution in [0.5, 0.6) is 5.75 Å². The van der Waals surface area contributed by atoms with Crippen LogP contribution in [0.3, 0.4) is 0 Å². The van der Waals surface area contributed by atoms with Crippen molar-refractivity contribution in [1.82, 2.24) is 5.32 Å². The van der Waals surface area contributed by atoms with Gasteiger partial charge in [-0.1, -0.05) is 11.8 Å². The van der Waals surface area contributed by atoms with Gasteiger partial charge in [0.2, 0.25) is 0 Å². The summed E-state index contributed by atoms with van der Waals surface area (Å²) >= 11 is 0. The summed E-state index contributed by atoms with van der Waals surface area (Å²) in [5.74, 6) is 5.60. The third kappa shape index (κ3) is 5.74. The second-order valence-electron chi connectivity index (χ2n) is 5.52. The van der Waals surface area contributed by atoms with Crippen LogP contribution in [0.1, 0.15) is 26.3 Å². The average molecular weight is 321 g/mol. The van der Waals surface area contributed by atoms with Crippen LogP contribution in [-0.2, 0) is 4.74 Å². The molecule has 1 aromatic carbocycles. The average Bonchev–Trinajstić information content (AvgIpc) is 2.42. The molecule has 0 aliphatic carbocycles. The molecule has 0 saturated carbocycles. The van der Waals surface area contributed by atoms with Crippen molar-refractivity contribution in [3.63, 3.8) is 0 Å². The molecular formula is C15H19N3O5. The molecule has 0 heterocycles. The smallest absolute Gasteiger partial charge is 0.408 e. The number of methoxy groups -OCH3 is 1. The third-order valence-corrected chi connectivity index (χ3v) is 2.51. The lowest BCUT2D eigenvalue weighted by Crippen LogP contribution is -2.32. The third-order valence-electron chi connectivity index (χ3n) is 2.51. The van der Waals surface area contributed by atoms with Gasteiger partial charge in [-0.25, -0.2) is 4.79 Å². The fourth-order valence-corrected chi connectivity index (χ4v) is 1.55. The summed E-state index contributed by atoms with van der Waals surface area (Å²) in [5, 5.41) is 13.4.